The molecule has 0 aliphatic heterocycles. The summed E-state index contributed by atoms with van der Waals surface area (Å²) in [4.78, 5) is 12.6. The zero-order valence-electron chi connectivity index (χ0n) is 7.42. The fourth-order valence-corrected chi connectivity index (χ4v) is 2.62. The van der Waals surface area contributed by atoms with Crippen molar-refractivity contribution in [3.63, 3.8) is 0 Å². The molecule has 1 aliphatic carbocycles. The number of halogens is 1. The van der Waals surface area contributed by atoms with Gasteiger partial charge < -0.3 is 0 Å². The van der Waals surface area contributed by atoms with E-state index in [1.165, 1.54) is 11.3 Å². The van der Waals surface area contributed by atoms with Gasteiger partial charge in [-0.15, -0.1) is 11.3 Å². The zero-order chi connectivity index (χ0) is 9.42. The first-order valence-electron chi connectivity index (χ1n) is 4.44. The summed E-state index contributed by atoms with van der Waals surface area (Å²) in [5.41, 5.74) is 0. The van der Waals surface area contributed by atoms with Gasteiger partial charge in [0.15, 0.2) is 0 Å². The largest absolute Gasteiger partial charge is 0.299 e. The monoisotopic (exact) mass is 214 g/mol. The van der Waals surface area contributed by atoms with Gasteiger partial charge in [0.25, 0.3) is 0 Å². The van der Waals surface area contributed by atoms with E-state index in [0.29, 0.717) is 24.0 Å². The van der Waals surface area contributed by atoms with Crippen LogP contribution in [0.3, 0.4) is 0 Å². The van der Waals surface area contributed by atoms with Crippen LogP contribution in [0, 0.1) is 11.8 Å². The van der Waals surface area contributed by atoms with E-state index >= 15 is 0 Å². The van der Waals surface area contributed by atoms with Crippen molar-refractivity contribution in [3.05, 3.63) is 21.3 Å². The van der Waals surface area contributed by atoms with Gasteiger partial charge in [0, 0.05) is 17.2 Å². The molecule has 70 valence electrons. The maximum Gasteiger partial charge on any atom is 0.141 e. The van der Waals surface area contributed by atoms with Gasteiger partial charge >= 0.3 is 0 Å². The summed E-state index contributed by atoms with van der Waals surface area (Å²) in [6.07, 6.45) is 1.66. The molecule has 1 saturated carbocycles. The number of thiophene rings is 1. The summed E-state index contributed by atoms with van der Waals surface area (Å²) in [5.74, 6) is 1.33. The van der Waals surface area contributed by atoms with E-state index in [9.17, 15) is 4.79 Å². The third kappa shape index (κ3) is 2.12. The average molecular weight is 215 g/mol. The van der Waals surface area contributed by atoms with Gasteiger partial charge in [0.1, 0.15) is 5.78 Å². The second-order valence-corrected chi connectivity index (χ2v) is 5.47. The van der Waals surface area contributed by atoms with Crippen molar-refractivity contribution < 1.29 is 4.79 Å². The molecule has 13 heavy (non-hydrogen) atoms. The molecule has 0 spiro atoms. The predicted octanol–water partition coefficient (Wildman–Crippen LogP) is 3.17. The predicted molar refractivity (Wildman–Crippen MR) is 55.3 cm³/mol. The van der Waals surface area contributed by atoms with Gasteiger partial charge in [-0.3, -0.25) is 4.79 Å². The van der Waals surface area contributed by atoms with Crippen molar-refractivity contribution in [2.24, 2.45) is 11.8 Å². The highest BCUT2D eigenvalue weighted by Crippen LogP contribution is 2.39. The summed E-state index contributed by atoms with van der Waals surface area (Å²) in [7, 11) is 0. The van der Waals surface area contributed by atoms with Crippen LogP contribution in [0.25, 0.3) is 0 Å². The third-order valence-electron chi connectivity index (χ3n) is 2.50. The minimum absolute atomic E-state index is 0.334. The highest BCUT2D eigenvalue weighted by atomic mass is 35.5. The van der Waals surface area contributed by atoms with Crippen LogP contribution >= 0.6 is 22.9 Å². The van der Waals surface area contributed by atoms with Crippen LogP contribution in [0.2, 0.25) is 4.34 Å². The van der Waals surface area contributed by atoms with Gasteiger partial charge in [-0.25, -0.2) is 0 Å². The molecule has 2 rings (SSSR count). The first-order chi connectivity index (χ1) is 6.16. The Hall–Kier alpha value is -0.340. The Morgan fingerprint density at radius 1 is 1.69 bits per heavy atom. The molecule has 2 unspecified atom stereocenters. The molecule has 0 aromatic carbocycles. The quantitative estimate of drug-likeness (QED) is 0.756. The van der Waals surface area contributed by atoms with Gasteiger partial charge in [-0.1, -0.05) is 18.5 Å². The minimum Gasteiger partial charge on any atom is -0.299 e. The topological polar surface area (TPSA) is 17.1 Å². The van der Waals surface area contributed by atoms with Crippen LogP contribution in [0.15, 0.2) is 12.1 Å². The minimum atomic E-state index is 0.334. The second-order valence-electron chi connectivity index (χ2n) is 3.67. The lowest BCUT2D eigenvalue weighted by molar-refractivity contribution is -0.119. The molecule has 0 N–H and O–H groups in total. The Bertz CT molecular complexity index is 331. The smallest absolute Gasteiger partial charge is 0.141 e. The molecule has 0 amide bonds. The van der Waals surface area contributed by atoms with Crippen molar-refractivity contribution in [3.8, 4) is 0 Å². The summed E-state index contributed by atoms with van der Waals surface area (Å²) >= 11 is 7.28. The van der Waals surface area contributed by atoms with E-state index < -0.39 is 0 Å². The van der Waals surface area contributed by atoms with E-state index in [4.69, 9.17) is 11.6 Å². The van der Waals surface area contributed by atoms with Gasteiger partial charge in [0.2, 0.25) is 0 Å². The summed E-state index contributed by atoms with van der Waals surface area (Å²) in [6, 6.07) is 3.79. The van der Waals surface area contributed by atoms with Crippen LogP contribution in [0.4, 0.5) is 0 Å². The lowest BCUT2D eigenvalue weighted by Gasteiger charge is -1.94. The molecule has 1 nitrogen and oxygen atoms in total. The molecule has 0 bridgehead atoms. The summed E-state index contributed by atoms with van der Waals surface area (Å²) in [6.45, 7) is 2.13. The van der Waals surface area contributed by atoms with Crippen LogP contribution in [-0.4, -0.2) is 5.78 Å². The molecule has 3 heteroatoms. The third-order valence-corrected chi connectivity index (χ3v) is 3.73. The lowest BCUT2D eigenvalue weighted by Crippen LogP contribution is -2.04. The van der Waals surface area contributed by atoms with E-state index in [0.717, 1.165) is 15.6 Å². The average Bonchev–Trinajstić information content (AvgIpc) is 2.66. The van der Waals surface area contributed by atoms with E-state index in [1.807, 2.05) is 12.1 Å². The number of ketones is 1. The van der Waals surface area contributed by atoms with Gasteiger partial charge in [0.05, 0.1) is 4.34 Å². The molecule has 0 saturated heterocycles. The van der Waals surface area contributed by atoms with Crippen molar-refractivity contribution in [2.75, 3.05) is 0 Å². The van der Waals surface area contributed by atoms with Crippen LogP contribution < -0.4 is 0 Å². The molecule has 1 aromatic heterocycles. The van der Waals surface area contributed by atoms with Crippen LogP contribution in [-0.2, 0) is 11.2 Å². The molecule has 1 fully saturated rings. The van der Waals surface area contributed by atoms with Gasteiger partial charge in [-0.05, 0) is 24.5 Å². The zero-order valence-corrected chi connectivity index (χ0v) is 8.99. The summed E-state index contributed by atoms with van der Waals surface area (Å²) in [5, 5.41) is 0. The lowest BCUT2D eigenvalue weighted by atomic mass is 10.1. The molecule has 2 atom stereocenters. The van der Waals surface area contributed by atoms with Crippen molar-refractivity contribution in [2.45, 2.75) is 19.8 Å². The van der Waals surface area contributed by atoms with Crippen molar-refractivity contribution in [1.82, 2.24) is 0 Å². The van der Waals surface area contributed by atoms with Crippen molar-refractivity contribution >= 4 is 28.7 Å². The molecule has 1 heterocycles. The first-order valence-corrected chi connectivity index (χ1v) is 5.63. The maximum atomic E-state index is 11.6. The highest BCUT2D eigenvalue weighted by Gasteiger charge is 2.38. The fraction of sp³-hybridized carbons (Fsp3) is 0.500. The Morgan fingerprint density at radius 3 is 2.85 bits per heavy atom. The Morgan fingerprint density at radius 2 is 2.38 bits per heavy atom. The summed E-state index contributed by atoms with van der Waals surface area (Å²) < 4.78 is 0.770. The fourth-order valence-electron chi connectivity index (χ4n) is 1.52. The van der Waals surface area contributed by atoms with Crippen LogP contribution in [0.1, 0.15) is 18.2 Å². The standard InChI is InChI=1S/C10H11ClOS/c1-6-4-8(6)9(12)5-7-2-3-10(11)13-7/h2-3,6,8H,4-5H2,1H3. The number of carbonyl (C=O) groups is 1. The number of carbonyl (C=O) groups excluding carboxylic acids is 1. The maximum absolute atomic E-state index is 11.6. The first kappa shape index (κ1) is 9.22. The number of rotatable bonds is 3. The van der Waals surface area contributed by atoms with E-state index in [-0.39, 0.29) is 0 Å². The number of hydrogen-bond donors (Lipinski definition) is 0. The number of Topliss-reactive ketones (excluding diaryl/α,β-unsaturated/α-hetero) is 1. The van der Waals surface area contributed by atoms with Crippen LogP contribution in [0.5, 0.6) is 0 Å². The van der Waals surface area contributed by atoms with Crippen molar-refractivity contribution in [1.29, 1.82) is 0 Å². The highest BCUT2D eigenvalue weighted by molar-refractivity contribution is 7.16. The molecule has 1 aromatic rings. The van der Waals surface area contributed by atoms with Gasteiger partial charge in [-0.2, -0.15) is 0 Å². The second kappa shape index (κ2) is 3.43. The Balaban J connectivity index is 1.95. The van der Waals surface area contributed by atoms with E-state index in [1.54, 1.807) is 0 Å². The van der Waals surface area contributed by atoms with E-state index in [2.05, 4.69) is 6.92 Å². The normalized spacial score (nSPS) is 26.0. The molecular weight excluding hydrogens is 204 g/mol. The molecule has 1 aliphatic rings. The number of hydrogen-bond acceptors (Lipinski definition) is 2. The SMILES string of the molecule is CC1CC1C(=O)Cc1ccc(Cl)s1. The Kier molecular flexibility index (Phi) is 2.43. The molecular formula is C10H11ClOS. The molecule has 0 radical (unpaired) electrons. The Labute approximate surface area is 86.7 Å².